The van der Waals surface area contributed by atoms with Crippen LogP contribution >= 0.6 is 0 Å². The average molecular weight is 246 g/mol. The number of nitrogens with zero attached hydrogens (tertiary/aromatic N) is 1. The van der Waals surface area contributed by atoms with Gasteiger partial charge in [-0.15, -0.1) is 0 Å². The van der Waals surface area contributed by atoms with Crippen LogP contribution in [0.3, 0.4) is 0 Å². The molecule has 2 unspecified atom stereocenters. The smallest absolute Gasteiger partial charge is 0.0417 e. The fraction of sp³-hybridized carbons (Fsp3) is 0.625. The van der Waals surface area contributed by atoms with Crippen molar-refractivity contribution < 1.29 is 0 Å². The van der Waals surface area contributed by atoms with Crippen LogP contribution in [-0.4, -0.2) is 19.1 Å². The Balaban J connectivity index is 2.24. The van der Waals surface area contributed by atoms with Crippen molar-refractivity contribution in [3.63, 3.8) is 0 Å². The molecule has 18 heavy (non-hydrogen) atoms. The van der Waals surface area contributed by atoms with E-state index in [-0.39, 0.29) is 0 Å². The maximum absolute atomic E-state index is 3.61. The first-order chi connectivity index (χ1) is 8.77. The molecular weight excluding hydrogens is 220 g/mol. The fourth-order valence-electron chi connectivity index (χ4n) is 3.08. The van der Waals surface area contributed by atoms with Crippen molar-refractivity contribution in [3.8, 4) is 0 Å². The van der Waals surface area contributed by atoms with Crippen LogP contribution in [-0.2, 0) is 0 Å². The third-order valence-corrected chi connectivity index (χ3v) is 3.97. The fourth-order valence-corrected chi connectivity index (χ4v) is 3.08. The van der Waals surface area contributed by atoms with Gasteiger partial charge in [0.1, 0.15) is 0 Å². The summed E-state index contributed by atoms with van der Waals surface area (Å²) < 4.78 is 0. The van der Waals surface area contributed by atoms with Crippen molar-refractivity contribution in [1.29, 1.82) is 0 Å². The van der Waals surface area contributed by atoms with E-state index in [0.29, 0.717) is 12.1 Å². The molecule has 0 spiro atoms. The van der Waals surface area contributed by atoms with Crippen LogP contribution in [0.2, 0.25) is 0 Å². The molecule has 1 aliphatic rings. The number of para-hydroxylation sites is 1. The van der Waals surface area contributed by atoms with Gasteiger partial charge in [0.2, 0.25) is 0 Å². The molecule has 1 aromatic carbocycles. The third kappa shape index (κ3) is 2.69. The Morgan fingerprint density at radius 1 is 1.33 bits per heavy atom. The molecule has 0 amide bonds. The van der Waals surface area contributed by atoms with Crippen LogP contribution in [0.1, 0.15) is 51.6 Å². The van der Waals surface area contributed by atoms with Crippen molar-refractivity contribution in [1.82, 2.24) is 5.32 Å². The summed E-state index contributed by atoms with van der Waals surface area (Å²) in [5.41, 5.74) is 2.92. The van der Waals surface area contributed by atoms with Gasteiger partial charge in [0.25, 0.3) is 0 Å². The summed E-state index contributed by atoms with van der Waals surface area (Å²) in [6.07, 6.45) is 3.76. The number of rotatable bonds is 5. The molecule has 1 aromatic rings. The van der Waals surface area contributed by atoms with Crippen LogP contribution in [0.25, 0.3) is 0 Å². The lowest BCUT2D eigenvalue weighted by molar-refractivity contribution is 0.462. The molecule has 1 heterocycles. The first kappa shape index (κ1) is 13.4. The average Bonchev–Trinajstić information content (AvgIpc) is 2.39. The molecule has 0 aromatic heterocycles. The largest absolute Gasteiger partial charge is 0.368 e. The van der Waals surface area contributed by atoms with Gasteiger partial charge >= 0.3 is 0 Å². The van der Waals surface area contributed by atoms with E-state index in [1.807, 2.05) is 0 Å². The summed E-state index contributed by atoms with van der Waals surface area (Å²) in [7, 11) is 0. The first-order valence-electron chi connectivity index (χ1n) is 7.36. The monoisotopic (exact) mass is 246 g/mol. The summed E-state index contributed by atoms with van der Waals surface area (Å²) >= 11 is 0. The second-order valence-corrected chi connectivity index (χ2v) is 5.29. The Bertz CT molecular complexity index is 375. The summed E-state index contributed by atoms with van der Waals surface area (Å²) in [5, 5.41) is 3.61. The zero-order chi connectivity index (χ0) is 13.0. The molecule has 0 radical (unpaired) electrons. The minimum atomic E-state index is 0.538. The van der Waals surface area contributed by atoms with Crippen molar-refractivity contribution in [2.45, 2.75) is 52.1 Å². The Morgan fingerprint density at radius 3 is 2.83 bits per heavy atom. The summed E-state index contributed by atoms with van der Waals surface area (Å²) in [6, 6.07) is 10.1. The molecule has 2 rings (SSSR count). The molecule has 2 heteroatoms. The number of fused-ring (bicyclic) bond motifs is 1. The van der Waals surface area contributed by atoms with E-state index >= 15 is 0 Å². The van der Waals surface area contributed by atoms with Crippen molar-refractivity contribution in [3.05, 3.63) is 29.8 Å². The number of hydrogen-bond acceptors (Lipinski definition) is 2. The van der Waals surface area contributed by atoms with Crippen LogP contribution < -0.4 is 10.2 Å². The number of nitrogens with one attached hydrogen (secondary N) is 1. The molecule has 1 aliphatic heterocycles. The lowest BCUT2D eigenvalue weighted by atomic mass is 9.94. The van der Waals surface area contributed by atoms with Gasteiger partial charge in [0, 0.05) is 24.3 Å². The Labute approximate surface area is 111 Å². The van der Waals surface area contributed by atoms with Gasteiger partial charge in [-0.25, -0.2) is 0 Å². The number of hydrogen-bond donors (Lipinski definition) is 1. The molecule has 0 saturated carbocycles. The summed E-state index contributed by atoms with van der Waals surface area (Å²) in [6.45, 7) is 9.04. The Hall–Kier alpha value is -1.02. The number of benzene rings is 1. The van der Waals surface area contributed by atoms with Gasteiger partial charge in [0.05, 0.1) is 0 Å². The van der Waals surface area contributed by atoms with Crippen LogP contribution in [0, 0.1) is 0 Å². The normalized spacial score (nSPS) is 20.6. The molecule has 1 N–H and O–H groups in total. The van der Waals surface area contributed by atoms with Gasteiger partial charge in [-0.1, -0.05) is 38.5 Å². The van der Waals surface area contributed by atoms with E-state index in [4.69, 9.17) is 0 Å². The highest BCUT2D eigenvalue weighted by Gasteiger charge is 2.26. The minimum Gasteiger partial charge on any atom is -0.368 e. The number of anilines is 1. The molecule has 0 saturated heterocycles. The highest BCUT2D eigenvalue weighted by molar-refractivity contribution is 5.57. The Kier molecular flexibility index (Phi) is 4.65. The van der Waals surface area contributed by atoms with Gasteiger partial charge in [-0.3, -0.25) is 0 Å². The van der Waals surface area contributed by atoms with E-state index in [9.17, 15) is 0 Å². The molecule has 2 nitrogen and oxygen atoms in total. The predicted molar refractivity (Wildman–Crippen MR) is 79.2 cm³/mol. The summed E-state index contributed by atoms with van der Waals surface area (Å²) in [5.74, 6) is 0. The van der Waals surface area contributed by atoms with Crippen molar-refractivity contribution >= 4 is 5.69 Å². The van der Waals surface area contributed by atoms with Gasteiger partial charge in [0.15, 0.2) is 0 Å². The van der Waals surface area contributed by atoms with E-state index in [1.54, 1.807) is 0 Å². The molecule has 0 bridgehead atoms. The maximum atomic E-state index is 3.61. The molecule has 0 fully saturated rings. The van der Waals surface area contributed by atoms with Crippen LogP contribution in [0.15, 0.2) is 24.3 Å². The maximum Gasteiger partial charge on any atom is 0.0417 e. The molecule has 100 valence electrons. The SMILES string of the molecule is CCCC(C)N1CCC(NCC)c2ccccc21. The highest BCUT2D eigenvalue weighted by atomic mass is 15.2. The second kappa shape index (κ2) is 6.24. The van der Waals surface area contributed by atoms with Crippen molar-refractivity contribution in [2.24, 2.45) is 0 Å². The molecular formula is C16H26N2. The van der Waals surface area contributed by atoms with E-state index in [0.717, 1.165) is 6.54 Å². The quantitative estimate of drug-likeness (QED) is 0.851. The van der Waals surface area contributed by atoms with E-state index in [1.165, 1.54) is 37.1 Å². The summed E-state index contributed by atoms with van der Waals surface area (Å²) in [4.78, 5) is 2.59. The van der Waals surface area contributed by atoms with Crippen molar-refractivity contribution in [2.75, 3.05) is 18.0 Å². The zero-order valence-corrected chi connectivity index (χ0v) is 11.9. The van der Waals surface area contributed by atoms with E-state index < -0.39 is 0 Å². The lowest BCUT2D eigenvalue weighted by Crippen LogP contribution is -2.40. The Morgan fingerprint density at radius 2 is 2.11 bits per heavy atom. The van der Waals surface area contributed by atoms with Crippen LogP contribution in [0.4, 0.5) is 5.69 Å². The first-order valence-corrected chi connectivity index (χ1v) is 7.36. The van der Waals surface area contributed by atoms with Gasteiger partial charge in [-0.05, 0) is 37.9 Å². The van der Waals surface area contributed by atoms with E-state index in [2.05, 4.69) is 55.3 Å². The molecule has 2 atom stereocenters. The minimum absolute atomic E-state index is 0.538. The predicted octanol–water partition coefficient (Wildman–Crippen LogP) is 3.74. The van der Waals surface area contributed by atoms with Crippen LogP contribution in [0.5, 0.6) is 0 Å². The van der Waals surface area contributed by atoms with Gasteiger partial charge < -0.3 is 10.2 Å². The zero-order valence-electron chi connectivity index (χ0n) is 11.9. The third-order valence-electron chi connectivity index (χ3n) is 3.97. The topological polar surface area (TPSA) is 15.3 Å². The molecule has 0 aliphatic carbocycles. The lowest BCUT2D eigenvalue weighted by Gasteiger charge is -2.39. The second-order valence-electron chi connectivity index (χ2n) is 5.29. The highest BCUT2D eigenvalue weighted by Crippen LogP contribution is 2.35. The standard InChI is InChI=1S/C16H26N2/c1-4-8-13(3)18-12-11-15(17-5-2)14-9-6-7-10-16(14)18/h6-7,9-10,13,15,17H,4-5,8,11-12H2,1-3H3. The van der Waals surface area contributed by atoms with Gasteiger partial charge in [-0.2, -0.15) is 0 Å².